The van der Waals surface area contributed by atoms with Crippen LogP contribution in [0.3, 0.4) is 0 Å². The SMILES string of the molecule is Cc1cc(Cl)cc(CCNC(C)(C)C)c1NC(=O)c1cc(OCF)nn1-c1ncccc1Cl. The minimum absolute atomic E-state index is 0.0433. The highest BCUT2D eigenvalue weighted by molar-refractivity contribution is 6.32. The minimum atomic E-state index is -1.09. The molecule has 0 bridgehead atoms. The van der Waals surface area contributed by atoms with Crippen molar-refractivity contribution in [1.82, 2.24) is 20.1 Å². The molecule has 2 heterocycles. The number of anilines is 1. The van der Waals surface area contributed by atoms with E-state index in [0.717, 1.165) is 11.1 Å². The molecule has 0 saturated heterocycles. The van der Waals surface area contributed by atoms with E-state index in [1.54, 1.807) is 18.2 Å². The third kappa shape index (κ3) is 6.43. The molecule has 0 atom stereocenters. The molecule has 2 N–H and O–H groups in total. The van der Waals surface area contributed by atoms with Crippen LogP contribution in [0.5, 0.6) is 5.88 Å². The number of amides is 1. The molecule has 0 spiro atoms. The molecule has 176 valence electrons. The summed E-state index contributed by atoms with van der Waals surface area (Å²) in [6.45, 7) is 7.73. The first-order valence-electron chi connectivity index (χ1n) is 10.3. The number of nitrogens with zero attached hydrogens (tertiary/aromatic N) is 3. The molecule has 33 heavy (non-hydrogen) atoms. The number of ether oxygens (including phenoxy) is 1. The molecule has 2 aromatic heterocycles. The number of halogens is 3. The van der Waals surface area contributed by atoms with Gasteiger partial charge in [0.25, 0.3) is 5.91 Å². The molecule has 7 nitrogen and oxygen atoms in total. The van der Waals surface area contributed by atoms with Crippen molar-refractivity contribution < 1.29 is 13.9 Å². The van der Waals surface area contributed by atoms with Gasteiger partial charge in [0, 0.05) is 28.5 Å². The Labute approximate surface area is 202 Å². The first kappa shape index (κ1) is 25.0. The van der Waals surface area contributed by atoms with Gasteiger partial charge >= 0.3 is 0 Å². The molecule has 1 amide bonds. The van der Waals surface area contributed by atoms with Gasteiger partial charge < -0.3 is 15.4 Å². The molecular formula is C23H26Cl2FN5O2. The standard InChI is InChI=1S/C23H26Cl2FN5O2/c1-14-10-16(24)11-15(7-9-28-23(2,3)4)20(14)29-22(32)18-12-19(33-13-26)30-31(18)21-17(25)6-5-8-27-21/h5-6,8,10-12,28H,7,9,13H2,1-4H3,(H,29,32). The van der Waals surface area contributed by atoms with Crippen LogP contribution in [0.2, 0.25) is 10.0 Å². The Hall–Kier alpha value is -2.68. The van der Waals surface area contributed by atoms with Crippen LogP contribution in [-0.4, -0.2) is 39.6 Å². The Morgan fingerprint density at radius 1 is 1.24 bits per heavy atom. The molecule has 10 heteroatoms. The maximum Gasteiger partial charge on any atom is 0.274 e. The van der Waals surface area contributed by atoms with E-state index in [1.165, 1.54) is 16.9 Å². The number of hydrogen-bond acceptors (Lipinski definition) is 5. The molecule has 0 radical (unpaired) electrons. The second kappa shape index (κ2) is 10.5. The van der Waals surface area contributed by atoms with Crippen LogP contribution in [0.1, 0.15) is 42.4 Å². The quantitative estimate of drug-likeness (QED) is 0.440. The Balaban J connectivity index is 1.95. The number of rotatable bonds is 8. The van der Waals surface area contributed by atoms with E-state index in [-0.39, 0.29) is 28.0 Å². The number of aromatic nitrogens is 3. The Bertz CT molecular complexity index is 1140. The highest BCUT2D eigenvalue weighted by atomic mass is 35.5. The molecule has 0 aliphatic rings. The summed E-state index contributed by atoms with van der Waals surface area (Å²) in [5.41, 5.74) is 2.38. The summed E-state index contributed by atoms with van der Waals surface area (Å²) in [4.78, 5) is 17.5. The number of carbonyl (C=O) groups excluding carboxylic acids is 1. The molecule has 0 aliphatic heterocycles. The predicted molar refractivity (Wildman–Crippen MR) is 129 cm³/mol. The third-order valence-corrected chi connectivity index (χ3v) is 5.25. The number of nitrogens with one attached hydrogen (secondary N) is 2. The molecular weight excluding hydrogens is 468 g/mol. The van der Waals surface area contributed by atoms with Gasteiger partial charge in [-0.3, -0.25) is 4.79 Å². The molecule has 0 fully saturated rings. The lowest BCUT2D eigenvalue weighted by Crippen LogP contribution is -2.37. The molecule has 3 aromatic rings. The van der Waals surface area contributed by atoms with Gasteiger partial charge in [-0.15, -0.1) is 5.10 Å². The summed E-state index contributed by atoms with van der Waals surface area (Å²) >= 11 is 12.5. The fourth-order valence-electron chi connectivity index (χ4n) is 3.28. The van der Waals surface area contributed by atoms with E-state index in [4.69, 9.17) is 27.9 Å². The van der Waals surface area contributed by atoms with Crippen LogP contribution in [-0.2, 0) is 6.42 Å². The van der Waals surface area contributed by atoms with E-state index in [0.29, 0.717) is 23.7 Å². The number of carbonyl (C=O) groups is 1. The summed E-state index contributed by atoms with van der Waals surface area (Å²) in [7, 11) is 0. The molecule has 3 rings (SSSR count). The fraction of sp³-hybridized carbons (Fsp3) is 0.348. The smallest absolute Gasteiger partial charge is 0.274 e. The van der Waals surface area contributed by atoms with Gasteiger partial charge in [0.1, 0.15) is 5.69 Å². The van der Waals surface area contributed by atoms with Gasteiger partial charge in [-0.1, -0.05) is 23.2 Å². The Morgan fingerprint density at radius 3 is 2.67 bits per heavy atom. The van der Waals surface area contributed by atoms with Crippen molar-refractivity contribution >= 4 is 34.8 Å². The van der Waals surface area contributed by atoms with Crippen molar-refractivity contribution in [1.29, 1.82) is 0 Å². The molecule has 0 saturated carbocycles. The van der Waals surface area contributed by atoms with Crippen LogP contribution in [0.15, 0.2) is 36.5 Å². The second-order valence-electron chi connectivity index (χ2n) is 8.48. The maximum atomic E-state index is 13.3. The first-order chi connectivity index (χ1) is 15.6. The lowest BCUT2D eigenvalue weighted by atomic mass is 10.0. The zero-order valence-electron chi connectivity index (χ0n) is 18.9. The van der Waals surface area contributed by atoms with Crippen molar-refractivity contribution in [3.05, 3.63) is 63.4 Å². The van der Waals surface area contributed by atoms with Crippen LogP contribution >= 0.6 is 23.2 Å². The van der Waals surface area contributed by atoms with E-state index in [2.05, 4.69) is 41.5 Å². The Kier molecular flexibility index (Phi) is 7.94. The monoisotopic (exact) mass is 493 g/mol. The van der Waals surface area contributed by atoms with E-state index in [1.807, 2.05) is 13.0 Å². The lowest BCUT2D eigenvalue weighted by Gasteiger charge is -2.21. The van der Waals surface area contributed by atoms with Gasteiger partial charge in [0.15, 0.2) is 5.82 Å². The normalized spacial score (nSPS) is 11.5. The van der Waals surface area contributed by atoms with E-state index < -0.39 is 12.8 Å². The van der Waals surface area contributed by atoms with Gasteiger partial charge in [-0.2, -0.15) is 0 Å². The van der Waals surface area contributed by atoms with Crippen LogP contribution in [0.25, 0.3) is 5.82 Å². The van der Waals surface area contributed by atoms with Crippen LogP contribution < -0.4 is 15.4 Å². The third-order valence-electron chi connectivity index (χ3n) is 4.73. The number of pyridine rings is 1. The van der Waals surface area contributed by atoms with Gasteiger partial charge in [0.05, 0.1) is 5.02 Å². The molecule has 0 aliphatic carbocycles. The number of alkyl halides is 1. The fourth-order valence-corrected chi connectivity index (χ4v) is 3.78. The van der Waals surface area contributed by atoms with Gasteiger partial charge in [0.2, 0.25) is 12.7 Å². The lowest BCUT2D eigenvalue weighted by molar-refractivity contribution is 0.101. The average molecular weight is 494 g/mol. The maximum absolute atomic E-state index is 13.3. The van der Waals surface area contributed by atoms with Crippen LogP contribution in [0.4, 0.5) is 10.1 Å². The van der Waals surface area contributed by atoms with E-state index in [9.17, 15) is 9.18 Å². The zero-order chi connectivity index (χ0) is 24.2. The second-order valence-corrected chi connectivity index (χ2v) is 9.32. The minimum Gasteiger partial charge on any atom is -0.445 e. The Morgan fingerprint density at radius 2 is 2.00 bits per heavy atom. The van der Waals surface area contributed by atoms with Gasteiger partial charge in [-0.25, -0.2) is 14.1 Å². The summed E-state index contributed by atoms with van der Waals surface area (Å²) in [5, 5.41) is 11.4. The largest absolute Gasteiger partial charge is 0.445 e. The summed E-state index contributed by atoms with van der Waals surface area (Å²) < 4.78 is 18.9. The van der Waals surface area contributed by atoms with Crippen molar-refractivity contribution in [3.63, 3.8) is 0 Å². The van der Waals surface area contributed by atoms with E-state index >= 15 is 0 Å². The highest BCUT2D eigenvalue weighted by Gasteiger charge is 2.22. The molecule has 1 aromatic carbocycles. The van der Waals surface area contributed by atoms with Crippen molar-refractivity contribution in [3.8, 4) is 11.7 Å². The number of hydrogen-bond donors (Lipinski definition) is 2. The summed E-state index contributed by atoms with van der Waals surface area (Å²) in [5.74, 6) is -0.319. The van der Waals surface area contributed by atoms with Crippen molar-refractivity contribution in [2.24, 2.45) is 0 Å². The predicted octanol–water partition coefficient (Wildman–Crippen LogP) is 5.37. The number of aryl methyl sites for hydroxylation is 1. The summed E-state index contributed by atoms with van der Waals surface area (Å²) in [6, 6.07) is 8.23. The van der Waals surface area contributed by atoms with Gasteiger partial charge in [-0.05, 0) is 76.1 Å². The zero-order valence-corrected chi connectivity index (χ0v) is 20.4. The van der Waals surface area contributed by atoms with Crippen LogP contribution in [0, 0.1) is 6.92 Å². The van der Waals surface area contributed by atoms with Crippen molar-refractivity contribution in [2.75, 3.05) is 18.7 Å². The van der Waals surface area contributed by atoms with Crippen molar-refractivity contribution in [2.45, 2.75) is 39.7 Å². The molecule has 0 unspecified atom stereocenters. The summed E-state index contributed by atoms with van der Waals surface area (Å²) in [6.07, 6.45) is 2.17. The first-order valence-corrected chi connectivity index (χ1v) is 11.1. The topological polar surface area (TPSA) is 81.1 Å². The number of benzene rings is 1. The average Bonchev–Trinajstić information content (AvgIpc) is 3.14. The highest BCUT2D eigenvalue weighted by Crippen LogP contribution is 2.28.